The molecule has 1 aliphatic rings. The molecule has 0 radical (unpaired) electrons. The Morgan fingerprint density at radius 3 is 2.73 bits per heavy atom. The van der Waals surface area contributed by atoms with Crippen LogP contribution in [0, 0.1) is 5.92 Å². The number of hydrogen-bond acceptors (Lipinski definition) is 3. The molecule has 0 aromatic rings. The maximum Gasteiger partial charge on any atom is 0.313 e. The third-order valence-electron chi connectivity index (χ3n) is 2.07. The molecule has 0 bridgehead atoms. The lowest BCUT2D eigenvalue weighted by molar-refractivity contribution is -0.133. The Hall–Kier alpha value is -0.220. The van der Waals surface area contributed by atoms with Crippen LogP contribution in [0.2, 0.25) is 0 Å². The topological polar surface area (TPSA) is 63.3 Å². The van der Waals surface area contributed by atoms with Crippen molar-refractivity contribution in [2.75, 3.05) is 12.3 Å². The van der Waals surface area contributed by atoms with Crippen molar-refractivity contribution < 1.29 is 9.90 Å². The second-order valence-corrected chi connectivity index (χ2v) is 4.04. The van der Waals surface area contributed by atoms with Gasteiger partial charge in [-0.05, 0) is 25.3 Å². The molecule has 2 unspecified atom stereocenters. The Morgan fingerprint density at radius 1 is 1.64 bits per heavy atom. The van der Waals surface area contributed by atoms with Crippen molar-refractivity contribution in [3.8, 4) is 0 Å². The van der Waals surface area contributed by atoms with Crippen molar-refractivity contribution in [2.24, 2.45) is 11.7 Å². The molecule has 2 atom stereocenters. The van der Waals surface area contributed by atoms with Crippen LogP contribution in [-0.4, -0.2) is 28.6 Å². The summed E-state index contributed by atoms with van der Waals surface area (Å²) < 4.78 is 0. The van der Waals surface area contributed by atoms with E-state index in [1.165, 1.54) is 18.2 Å². The van der Waals surface area contributed by atoms with E-state index in [1.54, 1.807) is 0 Å². The summed E-state index contributed by atoms with van der Waals surface area (Å²) in [5.74, 6) is 0.0678. The normalized spacial score (nSPS) is 29.5. The molecule has 1 aliphatic carbocycles. The van der Waals surface area contributed by atoms with E-state index in [4.69, 9.17) is 10.8 Å². The highest BCUT2D eigenvalue weighted by Gasteiger charge is 2.29. The molecule has 11 heavy (non-hydrogen) atoms. The molecular weight excluding hydrogens is 162 g/mol. The first-order valence-electron chi connectivity index (χ1n) is 3.77. The number of hydrogen-bond donors (Lipinski definition) is 2. The molecule has 3 N–H and O–H groups in total. The quantitative estimate of drug-likeness (QED) is 0.654. The monoisotopic (exact) mass is 175 g/mol. The van der Waals surface area contributed by atoms with E-state index >= 15 is 0 Å². The fourth-order valence-electron chi connectivity index (χ4n) is 1.21. The third kappa shape index (κ3) is 2.38. The zero-order chi connectivity index (χ0) is 8.27. The van der Waals surface area contributed by atoms with Gasteiger partial charge in [-0.15, -0.1) is 11.8 Å². The molecule has 1 rings (SSSR count). The average molecular weight is 175 g/mol. The van der Waals surface area contributed by atoms with Crippen molar-refractivity contribution in [1.29, 1.82) is 0 Å². The van der Waals surface area contributed by atoms with Gasteiger partial charge in [0.1, 0.15) is 0 Å². The second-order valence-electron chi connectivity index (χ2n) is 2.82. The van der Waals surface area contributed by atoms with Crippen LogP contribution >= 0.6 is 11.8 Å². The minimum absolute atomic E-state index is 0.223. The predicted octanol–water partition coefficient (Wildman–Crippen LogP) is 0.542. The highest BCUT2D eigenvalue weighted by molar-refractivity contribution is 8.00. The summed E-state index contributed by atoms with van der Waals surface area (Å²) in [7, 11) is 0. The molecule has 64 valence electrons. The van der Waals surface area contributed by atoms with Crippen LogP contribution in [0.1, 0.15) is 12.8 Å². The van der Waals surface area contributed by atoms with Crippen LogP contribution in [-0.2, 0) is 4.79 Å². The van der Waals surface area contributed by atoms with Crippen LogP contribution in [0.15, 0.2) is 0 Å². The first-order valence-corrected chi connectivity index (χ1v) is 4.82. The van der Waals surface area contributed by atoms with Crippen molar-refractivity contribution in [2.45, 2.75) is 18.1 Å². The van der Waals surface area contributed by atoms with Gasteiger partial charge < -0.3 is 10.8 Å². The van der Waals surface area contributed by atoms with Gasteiger partial charge >= 0.3 is 5.97 Å². The van der Waals surface area contributed by atoms with E-state index in [1.807, 2.05) is 0 Å². The van der Waals surface area contributed by atoms with Gasteiger partial charge in [0, 0.05) is 5.25 Å². The molecular formula is C7H13NO2S. The van der Waals surface area contributed by atoms with Gasteiger partial charge in [-0.3, -0.25) is 4.79 Å². The highest BCUT2D eigenvalue weighted by atomic mass is 32.2. The summed E-state index contributed by atoms with van der Waals surface area (Å²) in [6, 6.07) is 0. The minimum Gasteiger partial charge on any atom is -0.481 e. The molecule has 0 saturated heterocycles. The molecule has 4 heteroatoms. The lowest BCUT2D eigenvalue weighted by Gasteiger charge is -2.34. The number of thioether (sulfide) groups is 1. The van der Waals surface area contributed by atoms with E-state index in [2.05, 4.69) is 0 Å². The fourth-order valence-corrected chi connectivity index (χ4v) is 2.38. The molecule has 0 heterocycles. The van der Waals surface area contributed by atoms with Gasteiger partial charge in [0.25, 0.3) is 0 Å². The number of nitrogens with two attached hydrogens (primary N) is 1. The number of rotatable bonds is 4. The maximum atomic E-state index is 10.2. The highest BCUT2D eigenvalue weighted by Crippen LogP contribution is 2.36. The summed E-state index contributed by atoms with van der Waals surface area (Å²) in [6.45, 7) is 0.706. The number of carboxylic acids is 1. The zero-order valence-electron chi connectivity index (χ0n) is 6.32. The Bertz CT molecular complexity index is 149. The first kappa shape index (κ1) is 8.87. The van der Waals surface area contributed by atoms with Crippen LogP contribution in [0.5, 0.6) is 0 Å². The molecule has 0 aromatic heterocycles. The molecule has 0 aliphatic heterocycles. The van der Waals surface area contributed by atoms with Crippen molar-refractivity contribution in [3.05, 3.63) is 0 Å². The van der Waals surface area contributed by atoms with Crippen LogP contribution in [0.4, 0.5) is 0 Å². The van der Waals surface area contributed by atoms with Crippen molar-refractivity contribution in [1.82, 2.24) is 0 Å². The molecule has 0 spiro atoms. The molecule has 1 saturated carbocycles. The molecule has 0 amide bonds. The van der Waals surface area contributed by atoms with E-state index < -0.39 is 5.97 Å². The van der Waals surface area contributed by atoms with Crippen LogP contribution in [0.25, 0.3) is 0 Å². The van der Waals surface area contributed by atoms with Gasteiger partial charge in [0.05, 0.1) is 5.75 Å². The van der Waals surface area contributed by atoms with Gasteiger partial charge in [-0.25, -0.2) is 0 Å². The van der Waals surface area contributed by atoms with E-state index in [0.29, 0.717) is 17.7 Å². The number of aliphatic carboxylic acids is 1. The number of carboxylic acid groups (broad SMARTS) is 1. The lowest BCUT2D eigenvalue weighted by atomic mass is 9.85. The van der Waals surface area contributed by atoms with E-state index in [9.17, 15) is 4.79 Å². The summed E-state index contributed by atoms with van der Waals surface area (Å²) in [5, 5.41) is 8.90. The smallest absolute Gasteiger partial charge is 0.313 e. The summed E-state index contributed by atoms with van der Waals surface area (Å²) in [4.78, 5) is 10.2. The molecule has 0 aromatic carbocycles. The Labute approximate surface area is 70.3 Å². The Kier molecular flexibility index (Phi) is 3.20. The summed E-state index contributed by atoms with van der Waals surface area (Å²) in [5.41, 5.74) is 5.47. The van der Waals surface area contributed by atoms with Gasteiger partial charge in [-0.1, -0.05) is 0 Å². The third-order valence-corrected chi connectivity index (χ3v) is 3.53. The fraction of sp³-hybridized carbons (Fsp3) is 0.857. The van der Waals surface area contributed by atoms with E-state index in [0.717, 1.165) is 6.42 Å². The Morgan fingerprint density at radius 2 is 2.36 bits per heavy atom. The van der Waals surface area contributed by atoms with Gasteiger partial charge in [0.15, 0.2) is 0 Å². The summed E-state index contributed by atoms with van der Waals surface area (Å²) >= 11 is 1.52. The summed E-state index contributed by atoms with van der Waals surface area (Å²) in [6.07, 6.45) is 2.31. The van der Waals surface area contributed by atoms with E-state index in [-0.39, 0.29) is 5.75 Å². The SMILES string of the molecule is NCC1CCC1SCC(=O)O. The largest absolute Gasteiger partial charge is 0.481 e. The maximum absolute atomic E-state index is 10.2. The van der Waals surface area contributed by atoms with Crippen molar-refractivity contribution in [3.63, 3.8) is 0 Å². The van der Waals surface area contributed by atoms with Gasteiger partial charge in [0.2, 0.25) is 0 Å². The van der Waals surface area contributed by atoms with Crippen LogP contribution in [0.3, 0.4) is 0 Å². The lowest BCUT2D eigenvalue weighted by Crippen LogP contribution is -2.35. The second kappa shape index (κ2) is 3.97. The average Bonchev–Trinajstić information content (AvgIpc) is 1.86. The molecule has 1 fully saturated rings. The first-order chi connectivity index (χ1) is 5.24. The minimum atomic E-state index is -0.724. The standard InChI is InChI=1S/C7H13NO2S/c8-3-5-1-2-6(5)11-4-7(9)10/h5-6H,1-4,8H2,(H,9,10). The molecule has 3 nitrogen and oxygen atoms in total. The predicted molar refractivity (Wildman–Crippen MR) is 45.7 cm³/mol. The Balaban J connectivity index is 2.12. The van der Waals surface area contributed by atoms with Gasteiger partial charge in [-0.2, -0.15) is 0 Å². The number of carbonyl (C=O) groups is 1. The van der Waals surface area contributed by atoms with Crippen molar-refractivity contribution >= 4 is 17.7 Å². The zero-order valence-corrected chi connectivity index (χ0v) is 7.14. The van der Waals surface area contributed by atoms with Crippen LogP contribution < -0.4 is 5.73 Å².